The predicted molar refractivity (Wildman–Crippen MR) is 126 cm³/mol. The molecule has 32 heavy (non-hydrogen) atoms. The highest BCUT2D eigenvalue weighted by atomic mass is 32.1. The van der Waals surface area contributed by atoms with Crippen LogP contribution in [0.15, 0.2) is 41.5 Å². The molecule has 0 fully saturated rings. The van der Waals surface area contributed by atoms with Crippen LogP contribution in [0.25, 0.3) is 15.9 Å². The summed E-state index contributed by atoms with van der Waals surface area (Å²) >= 11 is 1.70. The summed E-state index contributed by atoms with van der Waals surface area (Å²) in [5.41, 5.74) is 2.71. The van der Waals surface area contributed by atoms with E-state index < -0.39 is 5.69 Å². The van der Waals surface area contributed by atoms with Crippen molar-refractivity contribution < 1.29 is 4.79 Å². The topological polar surface area (TPSA) is 81.3 Å². The van der Waals surface area contributed by atoms with Crippen molar-refractivity contribution >= 4 is 33.1 Å². The fourth-order valence-corrected chi connectivity index (χ4v) is 5.90. The lowest BCUT2D eigenvalue weighted by atomic mass is 9.89. The van der Waals surface area contributed by atoms with Crippen LogP contribution in [-0.4, -0.2) is 31.1 Å². The molecule has 1 aromatic carbocycles. The third-order valence-electron chi connectivity index (χ3n) is 6.31. The van der Waals surface area contributed by atoms with Gasteiger partial charge in [0, 0.05) is 10.9 Å². The maximum absolute atomic E-state index is 12.7. The second-order valence-corrected chi connectivity index (χ2v) is 9.97. The number of carbonyl (C=O) groups excluding carboxylic acids is 1. The van der Waals surface area contributed by atoms with Crippen LogP contribution < -0.4 is 11.0 Å². The number of nitrogens with one attached hydrogen (secondary N) is 1. The van der Waals surface area contributed by atoms with Gasteiger partial charge in [-0.15, -0.1) is 11.3 Å². The molecule has 0 saturated carbocycles. The predicted octanol–water partition coefficient (Wildman–Crippen LogP) is 3.37. The molecule has 7 nitrogen and oxygen atoms in total. The van der Waals surface area contributed by atoms with Gasteiger partial charge in [0.25, 0.3) is 0 Å². The Bertz CT molecular complexity index is 1340. The summed E-state index contributed by atoms with van der Waals surface area (Å²) in [7, 11) is 0. The lowest BCUT2D eigenvalue weighted by molar-refractivity contribution is -0.122. The van der Waals surface area contributed by atoms with E-state index in [2.05, 4.69) is 34.3 Å². The fraction of sp³-hybridized carbons (Fsp3) is 0.417. The smallest absolute Gasteiger partial charge is 0.352 e. The molecule has 3 aromatic heterocycles. The van der Waals surface area contributed by atoms with Crippen LogP contribution in [0.3, 0.4) is 0 Å². The molecule has 1 N–H and O–H groups in total. The standard InChI is InChI=1S/C24H27N5O2S/c1-15-8-11-18-19(12-15)32-23-21(18)22-27-24(31)28(29(22)14-25-23)13-20(30)26-16(2)9-10-17-6-4-3-5-7-17/h3-7,14-16H,8-13H2,1-2H3,(H,26,30)/t15-,16+/m1/s1. The molecule has 8 heteroatoms. The molecule has 4 aromatic rings. The third-order valence-corrected chi connectivity index (χ3v) is 7.47. The van der Waals surface area contributed by atoms with Gasteiger partial charge >= 0.3 is 5.69 Å². The zero-order chi connectivity index (χ0) is 22.2. The summed E-state index contributed by atoms with van der Waals surface area (Å²) in [6.07, 6.45) is 6.51. The highest BCUT2D eigenvalue weighted by molar-refractivity contribution is 7.19. The molecule has 0 bridgehead atoms. The van der Waals surface area contributed by atoms with Crippen LogP contribution >= 0.6 is 11.3 Å². The molecule has 0 radical (unpaired) electrons. The molecule has 3 heterocycles. The minimum atomic E-state index is -0.421. The van der Waals surface area contributed by atoms with Crippen LogP contribution in [0.2, 0.25) is 0 Å². The summed E-state index contributed by atoms with van der Waals surface area (Å²) in [5, 5.41) is 3.99. The number of hydrogen-bond acceptors (Lipinski definition) is 5. The van der Waals surface area contributed by atoms with Gasteiger partial charge in [0.05, 0.1) is 5.39 Å². The second kappa shape index (κ2) is 8.50. The third kappa shape index (κ3) is 3.95. The first kappa shape index (κ1) is 20.9. The summed E-state index contributed by atoms with van der Waals surface area (Å²) in [5.74, 6) is 0.467. The number of fused-ring (bicyclic) bond motifs is 5. The van der Waals surface area contributed by atoms with E-state index in [0.717, 1.165) is 42.3 Å². The Morgan fingerprint density at radius 3 is 2.94 bits per heavy atom. The van der Waals surface area contributed by atoms with Gasteiger partial charge in [-0.1, -0.05) is 37.3 Å². The number of hydrogen-bond donors (Lipinski definition) is 1. The zero-order valence-corrected chi connectivity index (χ0v) is 19.2. The van der Waals surface area contributed by atoms with Crippen molar-refractivity contribution in [3.63, 3.8) is 0 Å². The van der Waals surface area contributed by atoms with Crippen molar-refractivity contribution in [3.05, 3.63) is 63.1 Å². The Labute approximate surface area is 190 Å². The number of benzene rings is 1. The van der Waals surface area contributed by atoms with E-state index in [0.29, 0.717) is 11.6 Å². The number of nitrogens with zero attached hydrogens (tertiary/aromatic N) is 4. The molecule has 1 aliphatic rings. The minimum absolute atomic E-state index is 0.00769. The van der Waals surface area contributed by atoms with Crippen LogP contribution in [0.1, 0.15) is 42.7 Å². The van der Waals surface area contributed by atoms with Crippen molar-refractivity contribution in [2.45, 2.75) is 58.5 Å². The molecule has 0 aliphatic heterocycles. The maximum Gasteiger partial charge on any atom is 0.365 e. The van der Waals surface area contributed by atoms with E-state index >= 15 is 0 Å². The van der Waals surface area contributed by atoms with E-state index in [-0.39, 0.29) is 18.5 Å². The fourth-order valence-electron chi connectivity index (χ4n) is 4.56. The van der Waals surface area contributed by atoms with Crippen molar-refractivity contribution in [1.29, 1.82) is 0 Å². The first-order valence-corrected chi connectivity index (χ1v) is 12.0. The van der Waals surface area contributed by atoms with Gasteiger partial charge in [-0.3, -0.25) is 4.79 Å². The summed E-state index contributed by atoms with van der Waals surface area (Å²) < 4.78 is 3.01. The second-order valence-electron chi connectivity index (χ2n) is 8.89. The van der Waals surface area contributed by atoms with Crippen LogP contribution in [0.5, 0.6) is 0 Å². The van der Waals surface area contributed by atoms with Crippen molar-refractivity contribution in [1.82, 2.24) is 24.5 Å². The van der Waals surface area contributed by atoms with E-state index in [4.69, 9.17) is 0 Å². The Balaban J connectivity index is 1.35. The van der Waals surface area contributed by atoms with Gasteiger partial charge in [-0.2, -0.15) is 4.98 Å². The Hall–Kier alpha value is -3.00. The normalized spacial score (nSPS) is 16.9. The molecule has 0 saturated heterocycles. The molecular formula is C24H27N5O2S. The van der Waals surface area contributed by atoms with Crippen LogP contribution in [0, 0.1) is 5.92 Å². The first-order chi connectivity index (χ1) is 15.5. The summed E-state index contributed by atoms with van der Waals surface area (Å²) in [6, 6.07) is 10.2. The van der Waals surface area contributed by atoms with Crippen LogP contribution in [0.4, 0.5) is 0 Å². The van der Waals surface area contributed by atoms with E-state index in [1.807, 2.05) is 25.1 Å². The number of amides is 1. The zero-order valence-electron chi connectivity index (χ0n) is 18.4. The molecule has 5 rings (SSSR count). The monoisotopic (exact) mass is 449 g/mol. The number of rotatable bonds is 6. The van der Waals surface area contributed by atoms with Crippen molar-refractivity contribution in [3.8, 4) is 0 Å². The Morgan fingerprint density at radius 1 is 1.31 bits per heavy atom. The number of aromatic nitrogens is 4. The number of aryl methyl sites for hydroxylation is 2. The van der Waals surface area contributed by atoms with E-state index in [1.165, 1.54) is 20.7 Å². The largest absolute Gasteiger partial charge is 0.365 e. The minimum Gasteiger partial charge on any atom is -0.352 e. The Kier molecular flexibility index (Phi) is 5.55. The molecular weight excluding hydrogens is 422 g/mol. The van der Waals surface area contributed by atoms with E-state index in [9.17, 15) is 9.59 Å². The molecule has 166 valence electrons. The molecule has 1 aliphatic carbocycles. The van der Waals surface area contributed by atoms with Gasteiger partial charge in [0.1, 0.15) is 17.7 Å². The van der Waals surface area contributed by atoms with Crippen molar-refractivity contribution in [2.24, 2.45) is 5.92 Å². The molecule has 0 unspecified atom stereocenters. The van der Waals surface area contributed by atoms with Crippen molar-refractivity contribution in [2.75, 3.05) is 0 Å². The van der Waals surface area contributed by atoms with Gasteiger partial charge in [-0.05, 0) is 56.1 Å². The highest BCUT2D eigenvalue weighted by Gasteiger charge is 2.24. The quantitative estimate of drug-likeness (QED) is 0.489. The van der Waals surface area contributed by atoms with Gasteiger partial charge in [-0.25, -0.2) is 19.0 Å². The SMILES string of the molecule is C[C@@H]1CCc2c(sc3ncn4c(nc(=O)n4CC(=O)N[C@@H](C)CCc4ccccc4)c23)C1. The molecule has 0 spiro atoms. The number of thiophene rings is 1. The Morgan fingerprint density at radius 2 is 2.12 bits per heavy atom. The van der Waals surface area contributed by atoms with Gasteiger partial charge in [0.2, 0.25) is 5.91 Å². The molecule has 2 atom stereocenters. The average molecular weight is 450 g/mol. The van der Waals surface area contributed by atoms with E-state index in [1.54, 1.807) is 22.2 Å². The summed E-state index contributed by atoms with van der Waals surface area (Å²) in [4.78, 5) is 36.5. The van der Waals surface area contributed by atoms with Gasteiger partial charge in [0.15, 0.2) is 5.65 Å². The average Bonchev–Trinajstić information content (AvgIpc) is 3.29. The maximum atomic E-state index is 12.7. The highest BCUT2D eigenvalue weighted by Crippen LogP contribution is 2.38. The lowest BCUT2D eigenvalue weighted by Crippen LogP contribution is -2.38. The first-order valence-electron chi connectivity index (χ1n) is 11.2. The number of carbonyl (C=O) groups is 1. The summed E-state index contributed by atoms with van der Waals surface area (Å²) in [6.45, 7) is 4.18. The lowest BCUT2D eigenvalue weighted by Gasteiger charge is -2.17. The molecule has 1 amide bonds. The van der Waals surface area contributed by atoms with Gasteiger partial charge < -0.3 is 5.32 Å². The van der Waals surface area contributed by atoms with Crippen LogP contribution in [-0.2, 0) is 30.6 Å².